The molecule has 0 fully saturated rings. The second kappa shape index (κ2) is 14.4. The van der Waals surface area contributed by atoms with Gasteiger partial charge in [0.15, 0.2) is 0 Å². The highest BCUT2D eigenvalue weighted by molar-refractivity contribution is 7.92. The predicted molar refractivity (Wildman–Crippen MR) is 157 cm³/mol. The molecule has 2 amide bonds. The summed E-state index contributed by atoms with van der Waals surface area (Å²) in [5, 5.41) is 2.82. The summed E-state index contributed by atoms with van der Waals surface area (Å²) in [5.41, 5.74) is 0.901. The molecule has 11 heteroatoms. The van der Waals surface area contributed by atoms with Crippen LogP contribution in [-0.4, -0.2) is 65.6 Å². The molecule has 3 aromatic carbocycles. The van der Waals surface area contributed by atoms with E-state index in [4.69, 9.17) is 14.2 Å². The van der Waals surface area contributed by atoms with Gasteiger partial charge in [-0.2, -0.15) is 0 Å². The SMILES string of the molecule is CCCNC(=O)[C@@H](C)N(Cc1cccc(OC)c1)C(=O)CN(c1ccccc1OC)S(=O)(=O)c1ccc(OC)cc1. The van der Waals surface area contributed by atoms with Crippen molar-refractivity contribution < 1.29 is 32.2 Å². The molecule has 0 radical (unpaired) electrons. The van der Waals surface area contributed by atoms with Crippen LogP contribution in [0.5, 0.6) is 17.2 Å². The van der Waals surface area contributed by atoms with Gasteiger partial charge in [-0.25, -0.2) is 8.42 Å². The zero-order valence-electron chi connectivity index (χ0n) is 24.0. The molecule has 220 valence electrons. The van der Waals surface area contributed by atoms with Crippen LogP contribution in [0.4, 0.5) is 5.69 Å². The highest BCUT2D eigenvalue weighted by atomic mass is 32.2. The summed E-state index contributed by atoms with van der Waals surface area (Å²) >= 11 is 0. The minimum atomic E-state index is -4.25. The standard InChI is InChI=1S/C30H37N3O7S/c1-6-18-31-30(35)22(2)32(20-23-10-9-11-25(19-23)39-4)29(34)21-33(27-12-7-8-13-28(27)40-5)41(36,37)26-16-14-24(38-3)15-17-26/h7-17,19,22H,6,18,20-21H2,1-5H3,(H,31,35)/t22-/m1/s1. The van der Waals surface area contributed by atoms with Crippen LogP contribution in [0.15, 0.2) is 77.7 Å². The number of ether oxygens (including phenoxy) is 3. The van der Waals surface area contributed by atoms with E-state index in [9.17, 15) is 18.0 Å². The van der Waals surface area contributed by atoms with E-state index >= 15 is 0 Å². The number of nitrogens with one attached hydrogen (secondary N) is 1. The zero-order chi connectivity index (χ0) is 30.0. The van der Waals surface area contributed by atoms with Gasteiger partial charge < -0.3 is 24.4 Å². The molecule has 1 N–H and O–H groups in total. The Kier molecular flexibility index (Phi) is 11.0. The first kappa shape index (κ1) is 31.3. The average Bonchev–Trinajstić information content (AvgIpc) is 3.00. The Morgan fingerprint density at radius 1 is 0.878 bits per heavy atom. The molecular weight excluding hydrogens is 546 g/mol. The maximum absolute atomic E-state index is 14.0. The Hall–Kier alpha value is -4.25. The number of benzene rings is 3. The normalized spacial score (nSPS) is 11.7. The second-order valence-corrected chi connectivity index (χ2v) is 11.1. The van der Waals surface area contributed by atoms with Crippen molar-refractivity contribution in [3.05, 3.63) is 78.4 Å². The maximum atomic E-state index is 14.0. The monoisotopic (exact) mass is 583 g/mol. The van der Waals surface area contributed by atoms with Crippen molar-refractivity contribution in [3.63, 3.8) is 0 Å². The lowest BCUT2D eigenvalue weighted by Gasteiger charge is -2.32. The Balaban J connectivity index is 2.06. The molecule has 3 rings (SSSR count). The highest BCUT2D eigenvalue weighted by Gasteiger charge is 2.33. The third-order valence-corrected chi connectivity index (χ3v) is 8.26. The Morgan fingerprint density at radius 3 is 2.20 bits per heavy atom. The average molecular weight is 584 g/mol. The molecule has 0 aliphatic carbocycles. The van der Waals surface area contributed by atoms with Crippen LogP contribution in [0.3, 0.4) is 0 Å². The third kappa shape index (κ3) is 7.69. The number of carbonyl (C=O) groups is 2. The van der Waals surface area contributed by atoms with Crippen LogP contribution in [0, 0.1) is 0 Å². The molecule has 0 aromatic heterocycles. The van der Waals surface area contributed by atoms with Crippen molar-refractivity contribution in [2.24, 2.45) is 0 Å². The van der Waals surface area contributed by atoms with E-state index in [-0.39, 0.29) is 28.8 Å². The number of sulfonamides is 1. The third-order valence-electron chi connectivity index (χ3n) is 6.48. The van der Waals surface area contributed by atoms with Gasteiger partial charge in [0.25, 0.3) is 10.0 Å². The molecule has 0 saturated heterocycles. The lowest BCUT2D eigenvalue weighted by atomic mass is 10.1. The van der Waals surface area contributed by atoms with E-state index in [1.165, 1.54) is 50.5 Å². The van der Waals surface area contributed by atoms with Crippen molar-refractivity contribution in [2.45, 2.75) is 37.8 Å². The van der Waals surface area contributed by atoms with Gasteiger partial charge in [0, 0.05) is 13.1 Å². The number of amides is 2. The number of rotatable bonds is 14. The molecule has 0 spiro atoms. The number of hydrogen-bond acceptors (Lipinski definition) is 7. The van der Waals surface area contributed by atoms with Crippen molar-refractivity contribution >= 4 is 27.5 Å². The summed E-state index contributed by atoms with van der Waals surface area (Å²) in [4.78, 5) is 28.4. The minimum Gasteiger partial charge on any atom is -0.497 e. The molecule has 0 aliphatic heterocycles. The number of hydrogen-bond donors (Lipinski definition) is 1. The Labute approximate surface area is 241 Å². The zero-order valence-corrected chi connectivity index (χ0v) is 24.8. The van der Waals surface area contributed by atoms with Gasteiger partial charge in [0.2, 0.25) is 11.8 Å². The van der Waals surface area contributed by atoms with Gasteiger partial charge in [-0.3, -0.25) is 13.9 Å². The molecular formula is C30H37N3O7S. The predicted octanol–water partition coefficient (Wildman–Crippen LogP) is 3.85. The first-order valence-corrected chi connectivity index (χ1v) is 14.6. The Morgan fingerprint density at radius 2 is 1.56 bits per heavy atom. The van der Waals surface area contributed by atoms with Gasteiger partial charge in [0.05, 0.1) is 31.9 Å². The van der Waals surface area contributed by atoms with Crippen LogP contribution in [0.1, 0.15) is 25.8 Å². The van der Waals surface area contributed by atoms with E-state index < -0.39 is 28.5 Å². The summed E-state index contributed by atoms with van der Waals surface area (Å²) < 4.78 is 45.0. The van der Waals surface area contributed by atoms with E-state index in [2.05, 4.69) is 5.32 Å². The summed E-state index contributed by atoms with van der Waals surface area (Å²) in [6, 6.07) is 18.7. The number of nitrogens with zero attached hydrogens (tertiary/aromatic N) is 2. The van der Waals surface area contributed by atoms with Gasteiger partial charge in [-0.05, 0) is 67.4 Å². The van der Waals surface area contributed by atoms with Crippen LogP contribution in [-0.2, 0) is 26.2 Å². The van der Waals surface area contributed by atoms with E-state index in [0.717, 1.165) is 16.3 Å². The fourth-order valence-electron chi connectivity index (χ4n) is 4.17. The van der Waals surface area contributed by atoms with Gasteiger partial charge in [-0.15, -0.1) is 0 Å². The second-order valence-electron chi connectivity index (χ2n) is 9.20. The molecule has 0 aliphatic rings. The molecule has 1 atom stereocenters. The quantitative estimate of drug-likeness (QED) is 0.307. The van der Waals surface area contributed by atoms with Crippen LogP contribution < -0.4 is 23.8 Å². The van der Waals surface area contributed by atoms with Gasteiger partial charge in [0.1, 0.15) is 29.8 Å². The van der Waals surface area contributed by atoms with Gasteiger partial charge >= 0.3 is 0 Å². The fourth-order valence-corrected chi connectivity index (χ4v) is 5.59. The van der Waals surface area contributed by atoms with Crippen molar-refractivity contribution in [1.29, 1.82) is 0 Å². The van der Waals surface area contributed by atoms with E-state index in [1.807, 2.05) is 13.0 Å². The van der Waals surface area contributed by atoms with Crippen LogP contribution in [0.2, 0.25) is 0 Å². The van der Waals surface area contributed by atoms with E-state index in [0.29, 0.717) is 18.0 Å². The van der Waals surface area contributed by atoms with Crippen LogP contribution in [0.25, 0.3) is 0 Å². The lowest BCUT2D eigenvalue weighted by Crippen LogP contribution is -2.51. The Bertz CT molecular complexity index is 1430. The summed E-state index contributed by atoms with van der Waals surface area (Å²) in [5.74, 6) is 0.432. The largest absolute Gasteiger partial charge is 0.497 e. The summed E-state index contributed by atoms with van der Waals surface area (Å²) in [7, 11) is 0.194. The summed E-state index contributed by atoms with van der Waals surface area (Å²) in [6.07, 6.45) is 0.726. The molecule has 0 saturated carbocycles. The number of para-hydroxylation sites is 2. The number of anilines is 1. The van der Waals surface area contributed by atoms with Crippen molar-refractivity contribution in [2.75, 3.05) is 38.7 Å². The molecule has 0 unspecified atom stereocenters. The highest BCUT2D eigenvalue weighted by Crippen LogP contribution is 2.33. The van der Waals surface area contributed by atoms with E-state index in [1.54, 1.807) is 49.4 Å². The number of carbonyl (C=O) groups excluding carboxylic acids is 2. The smallest absolute Gasteiger partial charge is 0.264 e. The molecule has 10 nitrogen and oxygen atoms in total. The first-order valence-electron chi connectivity index (χ1n) is 13.2. The topological polar surface area (TPSA) is 114 Å². The molecule has 0 bridgehead atoms. The molecule has 41 heavy (non-hydrogen) atoms. The van der Waals surface area contributed by atoms with Gasteiger partial charge in [-0.1, -0.05) is 31.2 Å². The lowest BCUT2D eigenvalue weighted by molar-refractivity contribution is -0.139. The molecule has 3 aromatic rings. The first-order chi connectivity index (χ1) is 19.7. The van der Waals surface area contributed by atoms with Crippen molar-refractivity contribution in [1.82, 2.24) is 10.2 Å². The van der Waals surface area contributed by atoms with Crippen LogP contribution >= 0.6 is 0 Å². The summed E-state index contributed by atoms with van der Waals surface area (Å²) in [6.45, 7) is 3.47. The molecule has 0 heterocycles. The fraction of sp³-hybridized carbons (Fsp3) is 0.333. The number of methoxy groups -OCH3 is 3. The maximum Gasteiger partial charge on any atom is 0.264 e. The minimum absolute atomic E-state index is 0.0370. The van der Waals surface area contributed by atoms with Crippen molar-refractivity contribution in [3.8, 4) is 17.2 Å².